The third-order valence-corrected chi connectivity index (χ3v) is 2.71. The Morgan fingerprint density at radius 3 is 2.65 bits per heavy atom. The van der Waals surface area contributed by atoms with E-state index in [9.17, 15) is 4.79 Å². The summed E-state index contributed by atoms with van der Waals surface area (Å²) in [6.07, 6.45) is 4.15. The zero-order valence-electron chi connectivity index (χ0n) is 11.2. The van der Waals surface area contributed by atoms with Gasteiger partial charge in [-0.15, -0.1) is 12.4 Å². The molecule has 3 N–H and O–H groups in total. The number of amides is 1. The van der Waals surface area contributed by atoms with Crippen LogP contribution < -0.4 is 11.1 Å². The summed E-state index contributed by atoms with van der Waals surface area (Å²) in [6, 6.07) is 7.46. The normalized spacial score (nSPS) is 11.5. The Morgan fingerprint density at radius 2 is 2.10 bits per heavy atom. The van der Waals surface area contributed by atoms with E-state index in [0.717, 1.165) is 11.3 Å². The highest BCUT2D eigenvalue weighted by molar-refractivity contribution is 5.90. The zero-order valence-corrected chi connectivity index (χ0v) is 12.0. The summed E-state index contributed by atoms with van der Waals surface area (Å²) in [7, 11) is 0. The molecule has 0 fully saturated rings. The third-order valence-electron chi connectivity index (χ3n) is 2.71. The van der Waals surface area contributed by atoms with E-state index in [4.69, 9.17) is 10.2 Å². The summed E-state index contributed by atoms with van der Waals surface area (Å²) < 4.78 is 5.19. The average Bonchev–Trinajstić information content (AvgIpc) is 2.91. The third kappa shape index (κ3) is 4.68. The minimum absolute atomic E-state index is 0. The molecule has 0 spiro atoms. The Morgan fingerprint density at radius 1 is 1.40 bits per heavy atom. The number of aromatic nitrogens is 1. The summed E-state index contributed by atoms with van der Waals surface area (Å²) in [5.74, 6) is 0.680. The smallest absolute Gasteiger partial charge is 0.224 e. The van der Waals surface area contributed by atoms with Crippen LogP contribution in [0.2, 0.25) is 0 Å². The summed E-state index contributed by atoms with van der Waals surface area (Å²) in [4.78, 5) is 15.5. The van der Waals surface area contributed by atoms with Crippen molar-refractivity contribution in [3.05, 3.63) is 36.9 Å². The van der Waals surface area contributed by atoms with E-state index in [1.807, 2.05) is 31.2 Å². The molecule has 108 valence electrons. The molecule has 2 aromatic rings. The Labute approximate surface area is 124 Å². The van der Waals surface area contributed by atoms with Crippen LogP contribution in [0.1, 0.15) is 19.8 Å². The molecular weight excluding hydrogens is 278 g/mol. The largest absolute Gasteiger partial charge is 0.444 e. The quantitative estimate of drug-likeness (QED) is 0.888. The van der Waals surface area contributed by atoms with Gasteiger partial charge in [0, 0.05) is 23.7 Å². The van der Waals surface area contributed by atoms with Crippen molar-refractivity contribution in [3.63, 3.8) is 0 Å². The molecule has 1 unspecified atom stereocenters. The molecule has 0 saturated carbocycles. The lowest BCUT2D eigenvalue weighted by molar-refractivity contribution is -0.116. The number of carbonyl (C=O) groups excluding carboxylic acids is 1. The van der Waals surface area contributed by atoms with Crippen molar-refractivity contribution in [2.45, 2.75) is 25.8 Å². The molecule has 0 aliphatic heterocycles. The highest BCUT2D eigenvalue weighted by Gasteiger charge is 2.05. The van der Waals surface area contributed by atoms with Gasteiger partial charge in [-0.2, -0.15) is 0 Å². The minimum atomic E-state index is -0.0234. The van der Waals surface area contributed by atoms with Crippen molar-refractivity contribution in [1.82, 2.24) is 4.98 Å². The maximum absolute atomic E-state index is 11.6. The van der Waals surface area contributed by atoms with Gasteiger partial charge in [0.1, 0.15) is 0 Å². The number of carbonyl (C=O) groups is 1. The van der Waals surface area contributed by atoms with E-state index in [-0.39, 0.29) is 24.4 Å². The van der Waals surface area contributed by atoms with Gasteiger partial charge in [-0.1, -0.05) is 0 Å². The zero-order chi connectivity index (χ0) is 13.7. The second-order valence-electron chi connectivity index (χ2n) is 4.51. The number of nitrogens with zero attached hydrogens (tertiary/aromatic N) is 1. The van der Waals surface area contributed by atoms with Gasteiger partial charge in [0.2, 0.25) is 5.91 Å². The number of rotatable bonds is 5. The van der Waals surface area contributed by atoms with Gasteiger partial charge in [0.15, 0.2) is 12.2 Å². The van der Waals surface area contributed by atoms with E-state index in [0.29, 0.717) is 18.6 Å². The summed E-state index contributed by atoms with van der Waals surface area (Å²) >= 11 is 0. The lowest BCUT2D eigenvalue weighted by Crippen LogP contribution is -2.19. The summed E-state index contributed by atoms with van der Waals surface area (Å²) in [6.45, 7) is 1.89. The molecule has 5 nitrogen and oxygen atoms in total. The molecule has 0 radical (unpaired) electrons. The van der Waals surface area contributed by atoms with Crippen molar-refractivity contribution in [3.8, 4) is 11.3 Å². The Balaban J connectivity index is 0.00000200. The molecule has 1 amide bonds. The van der Waals surface area contributed by atoms with Crippen molar-refractivity contribution in [2.75, 3.05) is 5.32 Å². The highest BCUT2D eigenvalue weighted by atomic mass is 35.5. The number of hydrogen-bond acceptors (Lipinski definition) is 4. The van der Waals surface area contributed by atoms with Gasteiger partial charge in [0.25, 0.3) is 0 Å². The standard InChI is InChI=1S/C14H17N3O2.ClH/c1-10(15)2-7-14(18)17-12-5-3-11(4-6-12)13-8-16-9-19-13;/h3-6,8-10H,2,7,15H2,1H3,(H,17,18);1H. The fraction of sp³-hybridized carbons (Fsp3) is 0.286. The molecule has 2 rings (SSSR count). The number of benzene rings is 1. The van der Waals surface area contributed by atoms with E-state index in [2.05, 4.69) is 10.3 Å². The van der Waals surface area contributed by atoms with Crippen LogP contribution in [0.3, 0.4) is 0 Å². The predicted octanol–water partition coefficient (Wildman–Crippen LogP) is 2.83. The molecule has 0 aliphatic carbocycles. The maximum atomic E-state index is 11.6. The van der Waals surface area contributed by atoms with Gasteiger partial charge in [-0.05, 0) is 37.6 Å². The number of anilines is 1. The summed E-state index contributed by atoms with van der Waals surface area (Å²) in [5.41, 5.74) is 7.30. The van der Waals surface area contributed by atoms with Crippen LogP contribution in [0.5, 0.6) is 0 Å². The van der Waals surface area contributed by atoms with Gasteiger partial charge in [0.05, 0.1) is 6.20 Å². The van der Waals surface area contributed by atoms with Crippen LogP contribution >= 0.6 is 12.4 Å². The number of nitrogens with one attached hydrogen (secondary N) is 1. The van der Waals surface area contributed by atoms with E-state index < -0.39 is 0 Å². The van der Waals surface area contributed by atoms with Gasteiger partial charge in [-0.3, -0.25) is 4.79 Å². The van der Waals surface area contributed by atoms with Crippen molar-refractivity contribution in [2.24, 2.45) is 5.73 Å². The molecule has 1 aromatic heterocycles. The molecular formula is C14H18ClN3O2. The second-order valence-corrected chi connectivity index (χ2v) is 4.51. The van der Waals surface area contributed by atoms with E-state index >= 15 is 0 Å². The van der Waals surface area contributed by atoms with Crippen LogP contribution in [0, 0.1) is 0 Å². The Kier molecular flexibility index (Phi) is 6.21. The topological polar surface area (TPSA) is 81.2 Å². The first-order valence-electron chi connectivity index (χ1n) is 6.19. The SMILES string of the molecule is CC(N)CCC(=O)Nc1ccc(-c2cnco2)cc1.Cl. The van der Waals surface area contributed by atoms with Gasteiger partial charge < -0.3 is 15.5 Å². The van der Waals surface area contributed by atoms with Crippen molar-refractivity contribution in [1.29, 1.82) is 0 Å². The summed E-state index contributed by atoms with van der Waals surface area (Å²) in [5, 5.41) is 2.83. The van der Waals surface area contributed by atoms with Crippen LogP contribution in [-0.4, -0.2) is 16.9 Å². The molecule has 1 heterocycles. The first kappa shape index (κ1) is 16.2. The first-order chi connectivity index (χ1) is 9.15. The molecule has 0 saturated heterocycles. The van der Waals surface area contributed by atoms with Crippen LogP contribution in [0.4, 0.5) is 5.69 Å². The fourth-order valence-electron chi connectivity index (χ4n) is 1.66. The molecule has 1 atom stereocenters. The average molecular weight is 296 g/mol. The highest BCUT2D eigenvalue weighted by Crippen LogP contribution is 2.20. The number of hydrogen-bond donors (Lipinski definition) is 2. The lowest BCUT2D eigenvalue weighted by Gasteiger charge is -2.07. The van der Waals surface area contributed by atoms with Crippen LogP contribution in [-0.2, 0) is 4.79 Å². The molecule has 0 bridgehead atoms. The number of halogens is 1. The molecule has 20 heavy (non-hydrogen) atoms. The fourth-order valence-corrected chi connectivity index (χ4v) is 1.66. The van der Waals surface area contributed by atoms with Crippen molar-refractivity contribution >= 4 is 24.0 Å². The maximum Gasteiger partial charge on any atom is 0.224 e. The Bertz CT molecular complexity index is 524. The predicted molar refractivity (Wildman–Crippen MR) is 80.7 cm³/mol. The van der Waals surface area contributed by atoms with E-state index in [1.54, 1.807) is 6.20 Å². The number of nitrogens with two attached hydrogens (primary N) is 1. The number of oxazole rings is 1. The van der Waals surface area contributed by atoms with Crippen LogP contribution in [0.15, 0.2) is 41.3 Å². The van der Waals surface area contributed by atoms with E-state index in [1.165, 1.54) is 6.39 Å². The van der Waals surface area contributed by atoms with Crippen molar-refractivity contribution < 1.29 is 9.21 Å². The lowest BCUT2D eigenvalue weighted by atomic mass is 10.1. The molecule has 0 aliphatic rings. The monoisotopic (exact) mass is 295 g/mol. The Hall–Kier alpha value is -1.85. The van der Waals surface area contributed by atoms with Gasteiger partial charge >= 0.3 is 0 Å². The second kappa shape index (κ2) is 7.67. The van der Waals surface area contributed by atoms with Gasteiger partial charge in [-0.25, -0.2) is 4.98 Å². The molecule has 1 aromatic carbocycles. The minimum Gasteiger partial charge on any atom is -0.444 e. The van der Waals surface area contributed by atoms with Crippen LogP contribution in [0.25, 0.3) is 11.3 Å². The molecule has 6 heteroatoms. The first-order valence-corrected chi connectivity index (χ1v) is 6.19.